The normalized spacial score (nSPS) is 11.1. The number of nitrogens with zero attached hydrogens (tertiary/aromatic N) is 1. The third-order valence-electron chi connectivity index (χ3n) is 5.49. The van der Waals surface area contributed by atoms with Crippen molar-refractivity contribution in [2.24, 2.45) is 0 Å². The van der Waals surface area contributed by atoms with Crippen molar-refractivity contribution in [2.45, 2.75) is 116 Å². The molecule has 0 bridgehead atoms. The molecule has 1 aromatic rings. The number of unbranched alkanes of at least 4 members (excludes halogenated alkanes) is 15. The van der Waals surface area contributed by atoms with Crippen LogP contribution < -0.4 is 5.32 Å². The van der Waals surface area contributed by atoms with Crippen molar-refractivity contribution in [3.05, 3.63) is 30.1 Å². The number of aromatic nitrogens is 1. The fourth-order valence-corrected chi connectivity index (χ4v) is 3.69. The smallest absolute Gasteiger partial charge is 0.0416 e. The van der Waals surface area contributed by atoms with E-state index in [9.17, 15) is 0 Å². The Balaban J connectivity index is 1.67. The van der Waals surface area contributed by atoms with Crippen molar-refractivity contribution < 1.29 is 0 Å². The van der Waals surface area contributed by atoms with Gasteiger partial charge in [0.05, 0.1) is 0 Å². The van der Waals surface area contributed by atoms with Crippen molar-refractivity contribution in [3.63, 3.8) is 0 Å². The molecule has 156 valence electrons. The van der Waals surface area contributed by atoms with Gasteiger partial charge in [0.15, 0.2) is 0 Å². The molecule has 2 nitrogen and oxygen atoms in total. The van der Waals surface area contributed by atoms with Gasteiger partial charge in [0.25, 0.3) is 0 Å². The predicted molar refractivity (Wildman–Crippen MR) is 120 cm³/mol. The first-order chi connectivity index (χ1) is 13.4. The van der Waals surface area contributed by atoms with E-state index >= 15 is 0 Å². The van der Waals surface area contributed by atoms with E-state index in [-0.39, 0.29) is 0 Å². The molecular weight excluding hydrogens is 328 g/mol. The Labute approximate surface area is 169 Å². The summed E-state index contributed by atoms with van der Waals surface area (Å²) in [5.74, 6) is 0. The van der Waals surface area contributed by atoms with Crippen molar-refractivity contribution in [1.82, 2.24) is 10.3 Å². The summed E-state index contributed by atoms with van der Waals surface area (Å²) in [6.45, 7) is 4.50. The molecule has 0 aliphatic carbocycles. The molecule has 0 saturated carbocycles. The number of rotatable bonds is 20. The zero-order valence-corrected chi connectivity index (χ0v) is 18.2. The minimum absolute atomic E-state index is 1.04. The average molecular weight is 375 g/mol. The lowest BCUT2D eigenvalue weighted by atomic mass is 10.0. The number of pyridine rings is 1. The molecule has 0 amide bonds. The Morgan fingerprint density at radius 2 is 1.15 bits per heavy atom. The Morgan fingerprint density at radius 1 is 0.630 bits per heavy atom. The fraction of sp³-hybridized carbons (Fsp3) is 0.800. The van der Waals surface area contributed by atoms with E-state index in [2.05, 4.69) is 29.4 Å². The van der Waals surface area contributed by atoms with Crippen LogP contribution in [-0.4, -0.2) is 18.1 Å². The maximum Gasteiger partial charge on any atom is 0.0416 e. The second-order valence-electron chi connectivity index (χ2n) is 8.12. The minimum Gasteiger partial charge on any atom is -0.316 e. The highest BCUT2D eigenvalue weighted by Gasteiger charge is 1.95. The summed E-state index contributed by atoms with van der Waals surface area (Å²) in [5, 5.41) is 3.54. The van der Waals surface area contributed by atoms with Crippen molar-refractivity contribution in [1.29, 1.82) is 0 Å². The van der Waals surface area contributed by atoms with Gasteiger partial charge in [-0.3, -0.25) is 4.98 Å². The van der Waals surface area contributed by atoms with Gasteiger partial charge in [0, 0.05) is 24.9 Å². The highest BCUT2D eigenvalue weighted by molar-refractivity contribution is 5.03. The van der Waals surface area contributed by atoms with Crippen LogP contribution in [0.25, 0.3) is 0 Å². The monoisotopic (exact) mass is 374 g/mol. The van der Waals surface area contributed by atoms with E-state index in [1.54, 1.807) is 0 Å². The first-order valence-electron chi connectivity index (χ1n) is 12.0. The van der Waals surface area contributed by atoms with Crippen LogP contribution in [0.4, 0.5) is 0 Å². The van der Waals surface area contributed by atoms with Gasteiger partial charge in [0.2, 0.25) is 0 Å². The van der Waals surface area contributed by atoms with E-state index < -0.39 is 0 Å². The van der Waals surface area contributed by atoms with Gasteiger partial charge in [0.1, 0.15) is 0 Å². The van der Waals surface area contributed by atoms with Gasteiger partial charge < -0.3 is 5.32 Å². The number of nitrogens with one attached hydrogen (secondary N) is 1. The molecule has 0 unspecified atom stereocenters. The SMILES string of the molecule is CCCCCCCCCCCCCCCCCCNCCc1ccccn1. The molecule has 0 aliphatic rings. The third kappa shape index (κ3) is 17.0. The molecule has 0 aromatic carbocycles. The zero-order chi connectivity index (χ0) is 19.3. The van der Waals surface area contributed by atoms with E-state index in [1.807, 2.05) is 12.3 Å². The summed E-state index contributed by atoms with van der Waals surface area (Å²) >= 11 is 0. The van der Waals surface area contributed by atoms with Crippen LogP contribution in [0.2, 0.25) is 0 Å². The highest BCUT2D eigenvalue weighted by Crippen LogP contribution is 2.13. The van der Waals surface area contributed by atoms with Gasteiger partial charge in [-0.05, 0) is 25.1 Å². The molecule has 0 spiro atoms. The zero-order valence-electron chi connectivity index (χ0n) is 18.2. The lowest BCUT2D eigenvalue weighted by Gasteiger charge is -2.05. The van der Waals surface area contributed by atoms with E-state index in [0.717, 1.165) is 19.5 Å². The van der Waals surface area contributed by atoms with E-state index in [0.29, 0.717) is 0 Å². The van der Waals surface area contributed by atoms with Crippen LogP contribution in [-0.2, 0) is 6.42 Å². The molecule has 1 aromatic heterocycles. The third-order valence-corrected chi connectivity index (χ3v) is 5.49. The van der Waals surface area contributed by atoms with E-state index in [1.165, 1.54) is 108 Å². The van der Waals surface area contributed by atoms with Crippen LogP contribution in [0.5, 0.6) is 0 Å². The van der Waals surface area contributed by atoms with Gasteiger partial charge >= 0.3 is 0 Å². The number of hydrogen-bond donors (Lipinski definition) is 1. The van der Waals surface area contributed by atoms with E-state index in [4.69, 9.17) is 0 Å². The fourth-order valence-electron chi connectivity index (χ4n) is 3.69. The molecule has 0 radical (unpaired) electrons. The Hall–Kier alpha value is -0.890. The molecule has 2 heteroatoms. The maximum atomic E-state index is 4.36. The molecule has 0 saturated heterocycles. The highest BCUT2D eigenvalue weighted by atomic mass is 14.8. The largest absolute Gasteiger partial charge is 0.316 e. The summed E-state index contributed by atoms with van der Waals surface area (Å²) in [6.07, 6.45) is 25.9. The minimum atomic E-state index is 1.04. The van der Waals surface area contributed by atoms with Gasteiger partial charge in [-0.1, -0.05) is 109 Å². The molecule has 0 atom stereocenters. The first kappa shape index (κ1) is 24.1. The Morgan fingerprint density at radius 3 is 1.63 bits per heavy atom. The molecule has 0 fully saturated rings. The summed E-state index contributed by atoms with van der Waals surface area (Å²) in [7, 11) is 0. The summed E-state index contributed by atoms with van der Waals surface area (Å²) in [6, 6.07) is 6.15. The van der Waals surface area contributed by atoms with Crippen LogP contribution in [0.1, 0.15) is 115 Å². The quantitative estimate of drug-likeness (QED) is 0.239. The lowest BCUT2D eigenvalue weighted by Crippen LogP contribution is -2.18. The predicted octanol–water partition coefficient (Wildman–Crippen LogP) is 7.48. The standard InChI is InChI=1S/C25H46N2/c1-2-3-4-5-6-7-8-9-10-11-12-13-14-15-16-18-22-26-24-21-25-20-17-19-23-27-25/h17,19-20,23,26H,2-16,18,21-22,24H2,1H3. The molecule has 1 N–H and O–H groups in total. The van der Waals surface area contributed by atoms with Crippen LogP contribution in [0.15, 0.2) is 24.4 Å². The second kappa shape index (κ2) is 19.9. The lowest BCUT2D eigenvalue weighted by molar-refractivity contribution is 0.525. The van der Waals surface area contributed by atoms with Crippen molar-refractivity contribution in [3.8, 4) is 0 Å². The van der Waals surface area contributed by atoms with Crippen molar-refractivity contribution in [2.75, 3.05) is 13.1 Å². The topological polar surface area (TPSA) is 24.9 Å². The van der Waals surface area contributed by atoms with Crippen LogP contribution in [0, 0.1) is 0 Å². The summed E-state index contributed by atoms with van der Waals surface area (Å²) in [5.41, 5.74) is 1.19. The average Bonchev–Trinajstić information content (AvgIpc) is 2.70. The second-order valence-corrected chi connectivity index (χ2v) is 8.12. The molecule has 27 heavy (non-hydrogen) atoms. The summed E-state index contributed by atoms with van der Waals surface area (Å²) < 4.78 is 0. The van der Waals surface area contributed by atoms with Crippen LogP contribution >= 0.6 is 0 Å². The van der Waals surface area contributed by atoms with Gasteiger partial charge in [-0.15, -0.1) is 0 Å². The van der Waals surface area contributed by atoms with Gasteiger partial charge in [-0.25, -0.2) is 0 Å². The summed E-state index contributed by atoms with van der Waals surface area (Å²) in [4.78, 5) is 4.36. The van der Waals surface area contributed by atoms with Crippen LogP contribution in [0.3, 0.4) is 0 Å². The molecular formula is C25H46N2. The Kier molecular flexibility index (Phi) is 17.8. The first-order valence-corrected chi connectivity index (χ1v) is 12.0. The van der Waals surface area contributed by atoms with Crippen molar-refractivity contribution >= 4 is 0 Å². The maximum absolute atomic E-state index is 4.36. The van der Waals surface area contributed by atoms with Gasteiger partial charge in [-0.2, -0.15) is 0 Å². The number of hydrogen-bond acceptors (Lipinski definition) is 2. The molecule has 0 aliphatic heterocycles. The molecule has 1 heterocycles. The molecule has 1 rings (SSSR count). The Bertz CT molecular complexity index is 391.